The second-order valence-electron chi connectivity index (χ2n) is 6.05. The van der Waals surface area contributed by atoms with Crippen LogP contribution in [-0.4, -0.2) is 24.9 Å². The Labute approximate surface area is 156 Å². The lowest BCUT2D eigenvalue weighted by molar-refractivity contribution is -0.137. The van der Waals surface area contributed by atoms with Crippen molar-refractivity contribution in [1.29, 1.82) is 0 Å². The van der Waals surface area contributed by atoms with Crippen LogP contribution in [0.5, 0.6) is 0 Å². The first-order valence-corrected chi connectivity index (χ1v) is 8.53. The van der Waals surface area contributed by atoms with Crippen LogP contribution in [0.2, 0.25) is 0 Å². The molecule has 0 aliphatic heterocycles. The zero-order chi connectivity index (χ0) is 19.9. The van der Waals surface area contributed by atoms with Crippen LogP contribution >= 0.6 is 0 Å². The van der Waals surface area contributed by atoms with Gasteiger partial charge in [-0.1, -0.05) is 30.3 Å². The molecular formula is C20H21F3N2O2. The smallest absolute Gasteiger partial charge is 0.356 e. The Morgan fingerprint density at radius 2 is 1.63 bits per heavy atom. The third kappa shape index (κ3) is 6.44. The van der Waals surface area contributed by atoms with Gasteiger partial charge in [-0.25, -0.2) is 0 Å². The Kier molecular flexibility index (Phi) is 6.98. The highest BCUT2D eigenvalue weighted by Crippen LogP contribution is 2.30. The average molecular weight is 378 g/mol. The van der Waals surface area contributed by atoms with Crippen molar-refractivity contribution in [2.45, 2.75) is 25.9 Å². The number of anilines is 1. The van der Waals surface area contributed by atoms with E-state index in [2.05, 4.69) is 5.32 Å². The molecule has 0 fully saturated rings. The van der Waals surface area contributed by atoms with E-state index in [1.165, 1.54) is 24.0 Å². The Bertz CT molecular complexity index is 759. The fourth-order valence-corrected chi connectivity index (χ4v) is 2.59. The molecule has 0 aromatic heterocycles. The molecule has 0 aliphatic carbocycles. The van der Waals surface area contributed by atoms with Crippen molar-refractivity contribution in [2.24, 2.45) is 0 Å². The zero-order valence-corrected chi connectivity index (χ0v) is 14.9. The molecule has 0 unspecified atom stereocenters. The molecule has 0 saturated heterocycles. The Morgan fingerprint density at radius 3 is 2.19 bits per heavy atom. The van der Waals surface area contributed by atoms with Gasteiger partial charge in [0.15, 0.2) is 0 Å². The fraction of sp³-hybridized carbons (Fsp3) is 0.300. The number of carbonyl (C=O) groups excluding carboxylic acids is 2. The van der Waals surface area contributed by atoms with Crippen LogP contribution in [-0.2, 0) is 22.2 Å². The summed E-state index contributed by atoms with van der Waals surface area (Å²) in [5.74, 6) is -0.559. The topological polar surface area (TPSA) is 49.4 Å². The molecule has 2 aromatic carbocycles. The van der Waals surface area contributed by atoms with E-state index in [0.717, 1.165) is 17.7 Å². The maximum atomic E-state index is 12.6. The number of nitrogens with one attached hydrogen (secondary N) is 1. The van der Waals surface area contributed by atoms with E-state index < -0.39 is 11.7 Å². The number of rotatable bonds is 7. The molecule has 2 rings (SSSR count). The second-order valence-corrected chi connectivity index (χ2v) is 6.05. The van der Waals surface area contributed by atoms with Gasteiger partial charge < -0.3 is 10.2 Å². The first-order valence-electron chi connectivity index (χ1n) is 8.53. The minimum atomic E-state index is -4.43. The summed E-state index contributed by atoms with van der Waals surface area (Å²) in [6.45, 7) is 1.88. The summed E-state index contributed by atoms with van der Waals surface area (Å²) in [7, 11) is 0. The average Bonchev–Trinajstić information content (AvgIpc) is 2.62. The van der Waals surface area contributed by atoms with Crippen LogP contribution in [0.3, 0.4) is 0 Å². The summed E-state index contributed by atoms with van der Waals surface area (Å²) in [5, 5.41) is 2.78. The molecule has 27 heavy (non-hydrogen) atoms. The van der Waals surface area contributed by atoms with Crippen LogP contribution in [0.1, 0.15) is 24.5 Å². The van der Waals surface area contributed by atoms with Gasteiger partial charge in [0.2, 0.25) is 11.8 Å². The molecule has 7 heteroatoms. The molecule has 1 N–H and O–H groups in total. The molecule has 0 radical (unpaired) electrons. The van der Waals surface area contributed by atoms with E-state index in [4.69, 9.17) is 0 Å². The number of hydrogen-bond donors (Lipinski definition) is 1. The van der Waals surface area contributed by atoms with Crippen molar-refractivity contribution < 1.29 is 22.8 Å². The SMILES string of the molecule is CC(=O)N(CCC(=O)NCCc1ccccc1)c1ccc(C(F)(F)F)cc1. The molecule has 0 atom stereocenters. The molecule has 2 aromatic rings. The Morgan fingerprint density at radius 1 is 1.00 bits per heavy atom. The highest BCUT2D eigenvalue weighted by molar-refractivity contribution is 5.92. The molecule has 0 spiro atoms. The molecule has 0 heterocycles. The molecule has 4 nitrogen and oxygen atoms in total. The minimum Gasteiger partial charge on any atom is -0.356 e. The van der Waals surface area contributed by atoms with E-state index in [0.29, 0.717) is 18.7 Å². The van der Waals surface area contributed by atoms with E-state index in [9.17, 15) is 22.8 Å². The molecule has 144 valence electrons. The number of halogens is 3. The maximum Gasteiger partial charge on any atom is 0.416 e. The largest absolute Gasteiger partial charge is 0.416 e. The number of benzene rings is 2. The van der Waals surface area contributed by atoms with Gasteiger partial charge in [0.1, 0.15) is 0 Å². The maximum absolute atomic E-state index is 12.6. The Balaban J connectivity index is 1.86. The predicted octanol–water partition coefficient (Wildman–Crippen LogP) is 3.81. The van der Waals surface area contributed by atoms with E-state index in [1.54, 1.807) is 0 Å². The molecule has 2 amide bonds. The summed E-state index contributed by atoms with van der Waals surface area (Å²) in [4.78, 5) is 25.1. The fourth-order valence-electron chi connectivity index (χ4n) is 2.59. The van der Waals surface area contributed by atoms with Gasteiger partial charge in [-0.2, -0.15) is 13.2 Å². The van der Waals surface area contributed by atoms with Crippen LogP contribution < -0.4 is 10.2 Å². The molecule has 0 aliphatic rings. The Hall–Kier alpha value is -2.83. The van der Waals surface area contributed by atoms with Crippen molar-refractivity contribution in [2.75, 3.05) is 18.0 Å². The lowest BCUT2D eigenvalue weighted by Gasteiger charge is -2.21. The quantitative estimate of drug-likeness (QED) is 0.797. The van der Waals surface area contributed by atoms with Crippen LogP contribution in [0.15, 0.2) is 54.6 Å². The normalized spacial score (nSPS) is 11.1. The van der Waals surface area contributed by atoms with E-state index >= 15 is 0 Å². The lowest BCUT2D eigenvalue weighted by Crippen LogP contribution is -2.34. The van der Waals surface area contributed by atoms with Gasteiger partial charge in [-0.15, -0.1) is 0 Å². The van der Waals surface area contributed by atoms with Crippen LogP contribution in [0.4, 0.5) is 18.9 Å². The van der Waals surface area contributed by atoms with Crippen molar-refractivity contribution in [3.8, 4) is 0 Å². The van der Waals surface area contributed by atoms with Crippen molar-refractivity contribution in [3.05, 3.63) is 65.7 Å². The first-order chi connectivity index (χ1) is 12.8. The molecule has 0 bridgehead atoms. The van der Waals surface area contributed by atoms with Gasteiger partial charge >= 0.3 is 6.18 Å². The van der Waals surface area contributed by atoms with Gasteiger partial charge in [0, 0.05) is 32.1 Å². The third-order valence-electron chi connectivity index (χ3n) is 4.03. The predicted molar refractivity (Wildman–Crippen MR) is 97.2 cm³/mol. The standard InChI is InChI=1S/C20H21F3N2O2/c1-15(26)25(18-9-7-17(8-10-18)20(21,22)23)14-12-19(27)24-13-11-16-5-3-2-4-6-16/h2-10H,11-14H2,1H3,(H,24,27). The highest BCUT2D eigenvalue weighted by Gasteiger charge is 2.30. The zero-order valence-electron chi connectivity index (χ0n) is 14.9. The van der Waals surface area contributed by atoms with E-state index in [1.807, 2.05) is 30.3 Å². The van der Waals surface area contributed by atoms with Gasteiger partial charge in [0.05, 0.1) is 5.56 Å². The summed E-state index contributed by atoms with van der Waals surface area (Å²) >= 11 is 0. The van der Waals surface area contributed by atoms with Crippen LogP contribution in [0, 0.1) is 0 Å². The van der Waals surface area contributed by atoms with E-state index in [-0.39, 0.29) is 24.8 Å². The monoisotopic (exact) mass is 378 g/mol. The second kappa shape index (κ2) is 9.21. The lowest BCUT2D eigenvalue weighted by atomic mass is 10.1. The summed E-state index contributed by atoms with van der Waals surface area (Å²) in [5.41, 5.74) is 0.647. The van der Waals surface area contributed by atoms with Gasteiger partial charge in [-0.05, 0) is 36.2 Å². The first kappa shape index (κ1) is 20.5. The highest BCUT2D eigenvalue weighted by atomic mass is 19.4. The molecule has 0 saturated carbocycles. The van der Waals surface area contributed by atoms with Gasteiger partial charge in [0.25, 0.3) is 0 Å². The van der Waals surface area contributed by atoms with Crippen molar-refractivity contribution in [3.63, 3.8) is 0 Å². The number of carbonyl (C=O) groups is 2. The number of nitrogens with zero attached hydrogens (tertiary/aromatic N) is 1. The summed E-state index contributed by atoms with van der Waals surface area (Å²) in [6.07, 6.45) is -3.67. The number of hydrogen-bond acceptors (Lipinski definition) is 2. The number of amides is 2. The number of alkyl halides is 3. The summed E-state index contributed by atoms with van der Waals surface area (Å²) < 4.78 is 37.9. The minimum absolute atomic E-state index is 0.0649. The van der Waals surface area contributed by atoms with Crippen LogP contribution in [0.25, 0.3) is 0 Å². The summed E-state index contributed by atoms with van der Waals surface area (Å²) in [6, 6.07) is 14.0. The van der Waals surface area contributed by atoms with Crippen molar-refractivity contribution >= 4 is 17.5 Å². The van der Waals surface area contributed by atoms with Crippen molar-refractivity contribution in [1.82, 2.24) is 5.32 Å². The molecular weight excluding hydrogens is 357 g/mol. The van der Waals surface area contributed by atoms with Gasteiger partial charge in [-0.3, -0.25) is 9.59 Å². The third-order valence-corrected chi connectivity index (χ3v) is 4.03.